The molecule has 0 unspecified atom stereocenters. The van der Waals surface area contributed by atoms with Gasteiger partial charge in [0.15, 0.2) is 0 Å². The van der Waals surface area contributed by atoms with Gasteiger partial charge in [-0.2, -0.15) is 0 Å². The Labute approximate surface area is 231 Å². The van der Waals surface area contributed by atoms with Crippen molar-refractivity contribution in [1.82, 2.24) is 0 Å². The summed E-state index contributed by atoms with van der Waals surface area (Å²) >= 11 is 0. The van der Waals surface area contributed by atoms with E-state index in [1.807, 2.05) is 12.1 Å². The number of carbonyl (C=O) groups is 2. The molecule has 0 radical (unpaired) electrons. The SMILES string of the molecule is C=C(C)C(=O)OCc1cc(-c2ccc(CCc3ccc(CCCCC)cc3)cc2)ccc1OC(=O)C(=C)CO. The van der Waals surface area contributed by atoms with Gasteiger partial charge in [0, 0.05) is 11.1 Å². The summed E-state index contributed by atoms with van der Waals surface area (Å²) < 4.78 is 10.7. The first-order chi connectivity index (χ1) is 18.8. The summed E-state index contributed by atoms with van der Waals surface area (Å²) in [5.74, 6) is -1.04. The van der Waals surface area contributed by atoms with E-state index in [4.69, 9.17) is 9.47 Å². The summed E-state index contributed by atoms with van der Waals surface area (Å²) in [5.41, 5.74) is 6.59. The molecule has 0 aliphatic rings. The lowest BCUT2D eigenvalue weighted by molar-refractivity contribution is -0.140. The van der Waals surface area contributed by atoms with E-state index in [0.29, 0.717) is 5.56 Å². The fourth-order valence-electron chi connectivity index (χ4n) is 4.08. The van der Waals surface area contributed by atoms with Gasteiger partial charge < -0.3 is 14.6 Å². The van der Waals surface area contributed by atoms with Crippen LogP contribution in [0, 0.1) is 0 Å². The summed E-state index contributed by atoms with van der Waals surface area (Å²) in [4.78, 5) is 24.1. The second-order valence-electron chi connectivity index (χ2n) is 9.80. The topological polar surface area (TPSA) is 72.8 Å². The molecule has 0 atom stereocenters. The zero-order valence-electron chi connectivity index (χ0n) is 23.0. The van der Waals surface area contributed by atoms with Crippen molar-refractivity contribution in [3.8, 4) is 16.9 Å². The Kier molecular flexibility index (Phi) is 11.3. The predicted octanol–water partition coefficient (Wildman–Crippen LogP) is 6.94. The van der Waals surface area contributed by atoms with Crippen molar-refractivity contribution in [2.45, 2.75) is 59.0 Å². The number of rotatable bonds is 14. The zero-order chi connectivity index (χ0) is 28.2. The second kappa shape index (κ2) is 14.8. The molecule has 1 N–H and O–H groups in total. The van der Waals surface area contributed by atoms with Gasteiger partial charge in [0.1, 0.15) is 12.4 Å². The van der Waals surface area contributed by atoms with Crippen LogP contribution in [0.5, 0.6) is 5.75 Å². The maximum Gasteiger partial charge on any atom is 0.341 e. The number of unbranched alkanes of at least 4 members (excludes halogenated alkanes) is 2. The Morgan fingerprint density at radius 3 is 1.90 bits per heavy atom. The first kappa shape index (κ1) is 29.6. The summed E-state index contributed by atoms with van der Waals surface area (Å²) in [7, 11) is 0. The molecule has 0 bridgehead atoms. The highest BCUT2D eigenvalue weighted by atomic mass is 16.5. The van der Waals surface area contributed by atoms with Gasteiger partial charge in [-0.05, 0) is 72.6 Å². The standard InChI is InChI=1S/C34H38O5/c1-5-6-7-8-26-9-11-27(12-10-26)13-14-28-15-17-29(18-16-28)30-19-20-32(39-34(37)25(4)22-35)31(21-30)23-38-33(36)24(2)3/h9-12,15-21,35H,2,4-8,13-14,22-23H2,1,3H3. The molecular weight excluding hydrogens is 488 g/mol. The minimum Gasteiger partial charge on any atom is -0.457 e. The Balaban J connectivity index is 1.69. The fourth-order valence-corrected chi connectivity index (χ4v) is 4.08. The highest BCUT2D eigenvalue weighted by Gasteiger charge is 2.15. The third-order valence-electron chi connectivity index (χ3n) is 6.53. The van der Waals surface area contributed by atoms with Crippen LogP contribution in [0.3, 0.4) is 0 Å². The number of hydrogen-bond donors (Lipinski definition) is 1. The number of ether oxygens (including phenoxy) is 2. The van der Waals surface area contributed by atoms with Crippen LogP contribution in [-0.2, 0) is 40.2 Å². The van der Waals surface area contributed by atoms with Crippen LogP contribution in [0.15, 0.2) is 91.0 Å². The van der Waals surface area contributed by atoms with Crippen LogP contribution in [-0.4, -0.2) is 23.7 Å². The van der Waals surface area contributed by atoms with Crippen molar-refractivity contribution < 1.29 is 24.2 Å². The van der Waals surface area contributed by atoms with Gasteiger partial charge in [0.25, 0.3) is 0 Å². The number of hydrogen-bond acceptors (Lipinski definition) is 5. The highest BCUT2D eigenvalue weighted by molar-refractivity contribution is 5.90. The normalized spacial score (nSPS) is 10.6. The van der Waals surface area contributed by atoms with Crippen LogP contribution in [0.2, 0.25) is 0 Å². The van der Waals surface area contributed by atoms with Gasteiger partial charge in [-0.1, -0.05) is 87.5 Å². The van der Waals surface area contributed by atoms with E-state index in [1.54, 1.807) is 13.0 Å². The Morgan fingerprint density at radius 1 is 0.769 bits per heavy atom. The van der Waals surface area contributed by atoms with E-state index >= 15 is 0 Å². The van der Waals surface area contributed by atoms with Crippen LogP contribution in [0.25, 0.3) is 11.1 Å². The smallest absolute Gasteiger partial charge is 0.341 e. The van der Waals surface area contributed by atoms with Gasteiger partial charge >= 0.3 is 11.9 Å². The largest absolute Gasteiger partial charge is 0.457 e. The predicted molar refractivity (Wildman–Crippen MR) is 155 cm³/mol. The van der Waals surface area contributed by atoms with Gasteiger partial charge in [-0.3, -0.25) is 0 Å². The summed E-state index contributed by atoms with van der Waals surface area (Å²) in [6.07, 6.45) is 6.84. The monoisotopic (exact) mass is 526 g/mol. The molecule has 0 aromatic heterocycles. The molecule has 0 aliphatic heterocycles. The maximum absolute atomic E-state index is 12.2. The number of esters is 2. The van der Waals surface area contributed by atoms with Crippen LogP contribution in [0.4, 0.5) is 0 Å². The lowest BCUT2D eigenvalue weighted by Crippen LogP contribution is -2.14. The first-order valence-corrected chi connectivity index (χ1v) is 13.4. The first-order valence-electron chi connectivity index (χ1n) is 13.4. The molecule has 0 saturated heterocycles. The minimum atomic E-state index is -0.742. The molecule has 0 amide bonds. The summed E-state index contributed by atoms with van der Waals surface area (Å²) in [6, 6.07) is 22.7. The quantitative estimate of drug-likeness (QED) is 0.107. The number of aliphatic hydroxyl groups is 1. The molecule has 5 nitrogen and oxygen atoms in total. The Bertz CT molecular complexity index is 1290. The third kappa shape index (κ3) is 9.08. The number of aryl methyl sites for hydroxylation is 3. The van der Waals surface area contributed by atoms with Crippen LogP contribution >= 0.6 is 0 Å². The number of benzene rings is 3. The molecule has 5 heteroatoms. The van der Waals surface area contributed by atoms with Gasteiger partial charge in [-0.15, -0.1) is 0 Å². The van der Waals surface area contributed by atoms with Crippen molar-refractivity contribution in [2.75, 3.05) is 6.61 Å². The van der Waals surface area contributed by atoms with Crippen molar-refractivity contribution in [3.05, 3.63) is 113 Å². The maximum atomic E-state index is 12.2. The Hall–Kier alpha value is -3.96. The van der Waals surface area contributed by atoms with Crippen LogP contribution < -0.4 is 4.74 Å². The van der Waals surface area contributed by atoms with Crippen molar-refractivity contribution in [2.24, 2.45) is 0 Å². The van der Waals surface area contributed by atoms with Gasteiger partial charge in [0.2, 0.25) is 0 Å². The molecule has 0 fully saturated rings. The average Bonchev–Trinajstić information content (AvgIpc) is 2.95. The zero-order valence-corrected chi connectivity index (χ0v) is 23.0. The molecule has 0 spiro atoms. The van der Waals surface area contributed by atoms with Crippen LogP contribution in [0.1, 0.15) is 55.4 Å². The Morgan fingerprint density at radius 2 is 1.33 bits per heavy atom. The number of carbonyl (C=O) groups excluding carboxylic acids is 2. The van der Waals surface area contributed by atoms with E-state index in [1.165, 1.54) is 36.0 Å². The van der Waals surface area contributed by atoms with E-state index in [9.17, 15) is 14.7 Å². The molecule has 3 aromatic carbocycles. The van der Waals surface area contributed by atoms with E-state index in [-0.39, 0.29) is 23.5 Å². The number of aliphatic hydroxyl groups excluding tert-OH is 1. The molecule has 39 heavy (non-hydrogen) atoms. The lowest BCUT2D eigenvalue weighted by atomic mass is 9.98. The second-order valence-corrected chi connectivity index (χ2v) is 9.80. The fraction of sp³-hybridized carbons (Fsp3) is 0.294. The van der Waals surface area contributed by atoms with Gasteiger partial charge in [-0.25, -0.2) is 9.59 Å². The van der Waals surface area contributed by atoms with Crippen molar-refractivity contribution >= 4 is 11.9 Å². The van der Waals surface area contributed by atoms with E-state index < -0.39 is 18.5 Å². The molecule has 3 rings (SSSR count). The molecule has 0 heterocycles. The average molecular weight is 527 g/mol. The summed E-state index contributed by atoms with van der Waals surface area (Å²) in [5, 5.41) is 9.18. The molecule has 0 saturated carbocycles. The third-order valence-corrected chi connectivity index (χ3v) is 6.53. The highest BCUT2D eigenvalue weighted by Crippen LogP contribution is 2.29. The minimum absolute atomic E-state index is 0.0672. The summed E-state index contributed by atoms with van der Waals surface area (Å²) in [6.45, 7) is 10.3. The van der Waals surface area contributed by atoms with E-state index in [0.717, 1.165) is 30.4 Å². The van der Waals surface area contributed by atoms with Crippen molar-refractivity contribution in [1.29, 1.82) is 0 Å². The molecule has 204 valence electrons. The molecular formula is C34H38O5. The van der Waals surface area contributed by atoms with Gasteiger partial charge in [0.05, 0.1) is 12.2 Å². The molecule has 0 aliphatic carbocycles. The van der Waals surface area contributed by atoms with Crippen molar-refractivity contribution in [3.63, 3.8) is 0 Å². The van der Waals surface area contributed by atoms with E-state index in [2.05, 4.69) is 68.6 Å². The lowest BCUT2D eigenvalue weighted by Gasteiger charge is -2.13. The molecule has 3 aromatic rings.